The molecule has 1 unspecified atom stereocenters. The Morgan fingerprint density at radius 3 is 2.70 bits per heavy atom. The summed E-state index contributed by atoms with van der Waals surface area (Å²) in [5.41, 5.74) is 5.20. The zero-order valence-corrected chi connectivity index (χ0v) is 12.9. The maximum Gasteiger partial charge on any atom is 0.251 e. The van der Waals surface area contributed by atoms with Gasteiger partial charge in [0.2, 0.25) is 0 Å². The predicted molar refractivity (Wildman–Crippen MR) is 85.1 cm³/mol. The molecule has 1 amide bonds. The lowest BCUT2D eigenvalue weighted by Gasteiger charge is -2.15. The Kier molecular flexibility index (Phi) is 3.26. The monoisotopic (exact) mass is 330 g/mol. The minimum Gasteiger partial charge on any atom is -0.370 e. The Morgan fingerprint density at radius 2 is 1.95 bits per heavy atom. The van der Waals surface area contributed by atoms with Crippen molar-refractivity contribution in [3.63, 3.8) is 0 Å². The van der Waals surface area contributed by atoms with Gasteiger partial charge in [0, 0.05) is 21.4 Å². The molecular weight excluding hydrogens is 316 g/mol. The minimum atomic E-state index is -0.344. The smallest absolute Gasteiger partial charge is 0.251 e. The van der Waals surface area contributed by atoms with Crippen LogP contribution in [0, 0.1) is 13.8 Å². The van der Waals surface area contributed by atoms with Gasteiger partial charge in [-0.1, -0.05) is 33.6 Å². The Bertz CT molecular complexity index is 697. The Labute approximate surface area is 126 Å². The molecular formula is C16H15BrN2O. The molecule has 0 spiro atoms. The summed E-state index contributed by atoms with van der Waals surface area (Å²) in [7, 11) is 0. The maximum atomic E-state index is 12.1. The Morgan fingerprint density at radius 1 is 1.15 bits per heavy atom. The summed E-state index contributed by atoms with van der Waals surface area (Å²) in [5.74, 6) is -0.0157. The van der Waals surface area contributed by atoms with Crippen LogP contribution in [0.2, 0.25) is 0 Å². The summed E-state index contributed by atoms with van der Waals surface area (Å²) in [6.07, 6.45) is 0. The van der Waals surface area contributed by atoms with Gasteiger partial charge in [-0.25, -0.2) is 0 Å². The van der Waals surface area contributed by atoms with Crippen LogP contribution in [0.15, 0.2) is 40.9 Å². The van der Waals surface area contributed by atoms with Crippen LogP contribution in [0.5, 0.6) is 0 Å². The van der Waals surface area contributed by atoms with E-state index in [2.05, 4.69) is 39.6 Å². The van der Waals surface area contributed by atoms with Gasteiger partial charge in [-0.2, -0.15) is 0 Å². The summed E-state index contributed by atoms with van der Waals surface area (Å²) in [6.45, 7) is 4.11. The largest absolute Gasteiger partial charge is 0.370 e. The molecule has 1 aliphatic rings. The Balaban J connectivity index is 1.95. The van der Waals surface area contributed by atoms with Crippen molar-refractivity contribution in [2.75, 3.05) is 10.6 Å². The second kappa shape index (κ2) is 4.94. The number of hydrogen-bond donors (Lipinski definition) is 2. The van der Waals surface area contributed by atoms with Gasteiger partial charge < -0.3 is 10.6 Å². The normalized spacial score (nSPS) is 16.8. The fraction of sp³-hybridized carbons (Fsp3) is 0.188. The van der Waals surface area contributed by atoms with Gasteiger partial charge in [0.1, 0.15) is 6.04 Å². The fourth-order valence-electron chi connectivity index (χ4n) is 2.51. The topological polar surface area (TPSA) is 41.1 Å². The van der Waals surface area contributed by atoms with Crippen molar-refractivity contribution in [3.05, 3.63) is 57.6 Å². The molecule has 0 aliphatic carbocycles. The molecule has 3 nitrogen and oxygen atoms in total. The first-order chi connectivity index (χ1) is 9.54. The molecule has 3 rings (SSSR count). The summed E-state index contributed by atoms with van der Waals surface area (Å²) >= 11 is 3.45. The van der Waals surface area contributed by atoms with Crippen molar-refractivity contribution in [1.82, 2.24) is 0 Å². The number of rotatable bonds is 2. The molecule has 0 saturated heterocycles. The van der Waals surface area contributed by atoms with E-state index in [4.69, 9.17) is 0 Å². The van der Waals surface area contributed by atoms with Crippen molar-refractivity contribution < 1.29 is 4.79 Å². The molecule has 0 saturated carbocycles. The minimum absolute atomic E-state index is 0.0157. The predicted octanol–water partition coefficient (Wildman–Crippen LogP) is 4.17. The summed E-state index contributed by atoms with van der Waals surface area (Å²) in [4.78, 5) is 12.1. The lowest BCUT2D eigenvalue weighted by molar-refractivity contribution is -0.116. The molecule has 0 radical (unpaired) electrons. The number of nitrogens with one attached hydrogen (secondary N) is 2. The molecule has 1 atom stereocenters. The molecule has 0 fully saturated rings. The van der Waals surface area contributed by atoms with Crippen molar-refractivity contribution in [3.8, 4) is 0 Å². The van der Waals surface area contributed by atoms with Crippen LogP contribution >= 0.6 is 15.9 Å². The first-order valence-corrected chi connectivity index (χ1v) is 7.28. The van der Waals surface area contributed by atoms with E-state index in [-0.39, 0.29) is 11.9 Å². The molecule has 102 valence electrons. The van der Waals surface area contributed by atoms with E-state index >= 15 is 0 Å². The van der Waals surface area contributed by atoms with Crippen LogP contribution in [0.25, 0.3) is 0 Å². The average Bonchev–Trinajstić information content (AvgIpc) is 2.69. The lowest BCUT2D eigenvalue weighted by Crippen LogP contribution is -2.20. The van der Waals surface area contributed by atoms with Gasteiger partial charge in [-0.05, 0) is 43.7 Å². The quantitative estimate of drug-likeness (QED) is 0.867. The number of hydrogen-bond acceptors (Lipinski definition) is 2. The van der Waals surface area contributed by atoms with E-state index in [0.29, 0.717) is 0 Å². The van der Waals surface area contributed by atoms with Gasteiger partial charge in [0.25, 0.3) is 5.91 Å². The molecule has 2 aromatic rings. The third-order valence-corrected chi connectivity index (χ3v) is 4.02. The summed E-state index contributed by atoms with van der Waals surface area (Å²) in [6, 6.07) is 11.7. The van der Waals surface area contributed by atoms with Crippen LogP contribution in [0.3, 0.4) is 0 Å². The zero-order valence-electron chi connectivity index (χ0n) is 11.3. The average molecular weight is 331 g/mol. The zero-order chi connectivity index (χ0) is 14.3. The van der Waals surface area contributed by atoms with Crippen molar-refractivity contribution in [1.29, 1.82) is 0 Å². The van der Waals surface area contributed by atoms with Crippen LogP contribution in [-0.2, 0) is 4.79 Å². The second-order valence-corrected chi connectivity index (χ2v) is 6.03. The summed E-state index contributed by atoms with van der Waals surface area (Å²) < 4.78 is 0.972. The standard InChI is InChI=1S/C16H15BrN2O/c1-9-3-5-13(10(2)7-9)18-15-12-8-11(17)4-6-14(12)19-16(15)20/h3-8,15,18H,1-2H3,(H,19,20). The number of aryl methyl sites for hydroxylation is 2. The highest BCUT2D eigenvalue weighted by Crippen LogP contribution is 2.35. The van der Waals surface area contributed by atoms with Crippen LogP contribution < -0.4 is 10.6 Å². The number of amides is 1. The first kappa shape index (κ1) is 13.2. The first-order valence-electron chi connectivity index (χ1n) is 6.49. The number of fused-ring (bicyclic) bond motifs is 1. The van der Waals surface area contributed by atoms with E-state index in [1.807, 2.05) is 37.3 Å². The summed E-state index contributed by atoms with van der Waals surface area (Å²) in [5, 5.41) is 6.24. The maximum absolute atomic E-state index is 12.1. The van der Waals surface area contributed by atoms with E-state index < -0.39 is 0 Å². The molecule has 2 N–H and O–H groups in total. The van der Waals surface area contributed by atoms with E-state index in [1.165, 1.54) is 5.56 Å². The highest BCUT2D eigenvalue weighted by molar-refractivity contribution is 9.10. The van der Waals surface area contributed by atoms with Gasteiger partial charge >= 0.3 is 0 Å². The Hall–Kier alpha value is -1.81. The van der Waals surface area contributed by atoms with Gasteiger partial charge in [-0.3, -0.25) is 4.79 Å². The van der Waals surface area contributed by atoms with Crippen LogP contribution in [-0.4, -0.2) is 5.91 Å². The van der Waals surface area contributed by atoms with Crippen molar-refractivity contribution >= 4 is 33.2 Å². The molecule has 2 aromatic carbocycles. The number of carbonyl (C=O) groups excluding carboxylic acids is 1. The molecule has 4 heteroatoms. The molecule has 1 heterocycles. The van der Waals surface area contributed by atoms with E-state index in [0.717, 1.165) is 27.0 Å². The third kappa shape index (κ3) is 2.31. The van der Waals surface area contributed by atoms with Gasteiger partial charge in [0.15, 0.2) is 0 Å². The van der Waals surface area contributed by atoms with Crippen molar-refractivity contribution in [2.45, 2.75) is 19.9 Å². The second-order valence-electron chi connectivity index (χ2n) is 5.12. The lowest BCUT2D eigenvalue weighted by atomic mass is 10.1. The van der Waals surface area contributed by atoms with Crippen LogP contribution in [0.1, 0.15) is 22.7 Å². The fourth-order valence-corrected chi connectivity index (χ4v) is 2.89. The molecule has 20 heavy (non-hydrogen) atoms. The van der Waals surface area contributed by atoms with Gasteiger partial charge in [-0.15, -0.1) is 0 Å². The molecule has 0 bridgehead atoms. The number of halogens is 1. The molecule has 0 aromatic heterocycles. The number of anilines is 2. The van der Waals surface area contributed by atoms with Crippen molar-refractivity contribution in [2.24, 2.45) is 0 Å². The SMILES string of the molecule is Cc1ccc(NC2C(=O)Nc3ccc(Br)cc32)c(C)c1. The van der Waals surface area contributed by atoms with E-state index in [9.17, 15) is 4.79 Å². The number of benzene rings is 2. The highest BCUT2D eigenvalue weighted by atomic mass is 79.9. The van der Waals surface area contributed by atoms with Gasteiger partial charge in [0.05, 0.1) is 0 Å². The number of carbonyl (C=O) groups is 1. The third-order valence-electron chi connectivity index (χ3n) is 3.53. The molecule has 1 aliphatic heterocycles. The van der Waals surface area contributed by atoms with E-state index in [1.54, 1.807) is 0 Å². The highest BCUT2D eigenvalue weighted by Gasteiger charge is 2.30. The van der Waals surface area contributed by atoms with Crippen LogP contribution in [0.4, 0.5) is 11.4 Å².